The number of carbonyl (C=O) groups excluding carboxylic acids is 3. The van der Waals surface area contributed by atoms with Gasteiger partial charge in [0.05, 0.1) is 14.2 Å². The average Bonchev–Trinajstić information content (AvgIpc) is 3.30. The highest BCUT2D eigenvalue weighted by atomic mass is 35.5. The molecule has 0 saturated carbocycles. The van der Waals surface area contributed by atoms with E-state index in [-0.39, 0.29) is 46.6 Å². The predicted octanol–water partition coefficient (Wildman–Crippen LogP) is 4.81. The highest BCUT2D eigenvalue weighted by Crippen LogP contribution is 2.55. The standard InChI is InChI=1S/C31H27ClN2O7/c1-16-10-21-25(29(36)31(16)30(37)26-22(38-2)13-23(39-3)27(32)28(26)41-31)20(12-24(35)34-21)18-7-4-8-19(11-18)40-15-17-6-5-9-33-14-17/h4-9,11,13-14,16,20H,10,12,15H2,1-3H3,(H,34,35)/t16-,20-,31+/m1/s1. The van der Waals surface area contributed by atoms with E-state index in [1.54, 1.807) is 19.3 Å². The summed E-state index contributed by atoms with van der Waals surface area (Å²) in [6, 6.07) is 12.5. The molecule has 9 nitrogen and oxygen atoms in total. The van der Waals surface area contributed by atoms with Gasteiger partial charge in [-0.05, 0) is 30.2 Å². The van der Waals surface area contributed by atoms with Crippen molar-refractivity contribution in [2.75, 3.05) is 14.2 Å². The number of benzene rings is 2. The lowest BCUT2D eigenvalue weighted by Crippen LogP contribution is -2.59. The van der Waals surface area contributed by atoms with Crippen LogP contribution in [0.1, 0.15) is 47.2 Å². The number of rotatable bonds is 6. The van der Waals surface area contributed by atoms with E-state index in [1.165, 1.54) is 20.3 Å². The summed E-state index contributed by atoms with van der Waals surface area (Å²) in [6.45, 7) is 2.06. The molecule has 1 amide bonds. The van der Waals surface area contributed by atoms with E-state index in [0.717, 1.165) is 5.56 Å². The van der Waals surface area contributed by atoms with Crippen LogP contribution in [0.4, 0.5) is 0 Å². The first kappa shape index (κ1) is 26.8. The number of nitrogens with zero attached hydrogens (tertiary/aromatic N) is 1. The molecular weight excluding hydrogens is 548 g/mol. The molecule has 1 spiro atoms. The molecule has 0 bridgehead atoms. The molecule has 6 rings (SSSR count). The zero-order valence-electron chi connectivity index (χ0n) is 22.7. The summed E-state index contributed by atoms with van der Waals surface area (Å²) >= 11 is 6.56. The van der Waals surface area contributed by atoms with Crippen LogP contribution in [0, 0.1) is 5.92 Å². The van der Waals surface area contributed by atoms with Crippen molar-refractivity contribution >= 4 is 29.1 Å². The van der Waals surface area contributed by atoms with Crippen LogP contribution in [-0.2, 0) is 16.2 Å². The third kappa shape index (κ3) is 4.23. The van der Waals surface area contributed by atoms with Crippen molar-refractivity contribution in [3.63, 3.8) is 0 Å². The Bertz CT molecular complexity index is 1620. The number of allylic oxidation sites excluding steroid dienone is 1. The van der Waals surface area contributed by atoms with E-state index in [2.05, 4.69) is 10.3 Å². The second-order valence-corrected chi connectivity index (χ2v) is 10.7. The lowest BCUT2D eigenvalue weighted by Gasteiger charge is -2.41. The summed E-state index contributed by atoms with van der Waals surface area (Å²) in [7, 11) is 2.86. The van der Waals surface area contributed by atoms with Gasteiger partial charge >= 0.3 is 0 Å². The third-order valence-corrected chi connectivity index (χ3v) is 8.30. The molecule has 1 N–H and O–H groups in total. The number of aromatic nitrogens is 1. The van der Waals surface area contributed by atoms with Crippen LogP contribution in [0.3, 0.4) is 0 Å². The normalized spacial score (nSPS) is 23.1. The summed E-state index contributed by atoms with van der Waals surface area (Å²) in [4.78, 5) is 45.6. The summed E-state index contributed by atoms with van der Waals surface area (Å²) in [5.74, 6) is -1.35. The molecule has 0 saturated heterocycles. The molecule has 3 aliphatic rings. The first-order chi connectivity index (χ1) is 19.8. The Balaban J connectivity index is 1.39. The number of Topliss-reactive ketones (excluding diaryl/α,β-unsaturated/α-hetero) is 2. The molecule has 0 radical (unpaired) electrons. The van der Waals surface area contributed by atoms with Crippen molar-refractivity contribution < 1.29 is 33.3 Å². The van der Waals surface area contributed by atoms with Crippen LogP contribution >= 0.6 is 11.6 Å². The van der Waals surface area contributed by atoms with E-state index >= 15 is 0 Å². The SMILES string of the molecule is COc1cc(OC)c2c(c1Cl)O[C@@]1(C(=O)C3=C(C[C@H]1C)NC(=O)C[C@@H]3c1cccc(OCc3cccnc3)c1)C2=O. The van der Waals surface area contributed by atoms with Crippen molar-refractivity contribution in [3.8, 4) is 23.0 Å². The number of ether oxygens (including phenoxy) is 4. The zero-order chi connectivity index (χ0) is 28.9. The average molecular weight is 575 g/mol. The van der Waals surface area contributed by atoms with Gasteiger partial charge < -0.3 is 24.3 Å². The molecule has 0 unspecified atom stereocenters. The van der Waals surface area contributed by atoms with Gasteiger partial charge in [0.15, 0.2) is 5.75 Å². The number of ketones is 2. The van der Waals surface area contributed by atoms with Crippen molar-refractivity contribution in [1.82, 2.24) is 10.3 Å². The van der Waals surface area contributed by atoms with Gasteiger partial charge in [0.1, 0.15) is 34.4 Å². The van der Waals surface area contributed by atoms with E-state index in [4.69, 9.17) is 30.5 Å². The minimum Gasteiger partial charge on any atom is -0.496 e. The lowest BCUT2D eigenvalue weighted by molar-refractivity contribution is -0.131. The number of nitrogens with one attached hydrogen (secondary N) is 1. The second kappa shape index (κ2) is 10.2. The molecule has 210 valence electrons. The van der Waals surface area contributed by atoms with E-state index in [9.17, 15) is 14.4 Å². The summed E-state index contributed by atoms with van der Waals surface area (Å²) in [6.07, 6.45) is 3.69. The minimum atomic E-state index is -1.86. The molecule has 2 aliphatic heterocycles. The largest absolute Gasteiger partial charge is 0.496 e. The van der Waals surface area contributed by atoms with Gasteiger partial charge in [-0.15, -0.1) is 0 Å². The monoisotopic (exact) mass is 574 g/mol. The van der Waals surface area contributed by atoms with Gasteiger partial charge in [-0.2, -0.15) is 0 Å². The van der Waals surface area contributed by atoms with Crippen molar-refractivity contribution in [2.45, 2.75) is 37.9 Å². The Labute approximate surface area is 241 Å². The number of pyridine rings is 1. The Hall–Kier alpha value is -4.37. The molecule has 1 aromatic heterocycles. The number of carbonyl (C=O) groups is 3. The first-order valence-corrected chi connectivity index (χ1v) is 13.5. The fraction of sp³-hybridized carbons (Fsp3) is 0.290. The number of amides is 1. The number of hydrogen-bond donors (Lipinski definition) is 1. The van der Waals surface area contributed by atoms with Gasteiger partial charge in [0.25, 0.3) is 0 Å². The number of hydrogen-bond acceptors (Lipinski definition) is 8. The smallest absolute Gasteiger partial charge is 0.236 e. The van der Waals surface area contributed by atoms with Gasteiger partial charge in [0.2, 0.25) is 23.1 Å². The Morgan fingerprint density at radius 3 is 2.59 bits per heavy atom. The number of methoxy groups -OCH3 is 2. The van der Waals surface area contributed by atoms with Crippen LogP contribution in [0.5, 0.6) is 23.0 Å². The van der Waals surface area contributed by atoms with E-state index < -0.39 is 29.0 Å². The van der Waals surface area contributed by atoms with Crippen molar-refractivity contribution in [2.24, 2.45) is 5.92 Å². The summed E-state index contributed by atoms with van der Waals surface area (Å²) in [5, 5.41) is 2.96. The molecule has 3 aromatic rings. The van der Waals surface area contributed by atoms with E-state index in [0.29, 0.717) is 29.2 Å². The predicted molar refractivity (Wildman–Crippen MR) is 149 cm³/mol. The van der Waals surface area contributed by atoms with Gasteiger partial charge in [0, 0.05) is 53.6 Å². The third-order valence-electron chi connectivity index (χ3n) is 7.95. The van der Waals surface area contributed by atoms with Gasteiger partial charge in [-0.3, -0.25) is 19.4 Å². The lowest BCUT2D eigenvalue weighted by atomic mass is 9.66. The maximum absolute atomic E-state index is 14.5. The van der Waals surface area contributed by atoms with Crippen LogP contribution in [-0.4, -0.2) is 42.3 Å². The molecule has 41 heavy (non-hydrogen) atoms. The quantitative estimate of drug-likeness (QED) is 0.417. The number of fused-ring (bicyclic) bond motifs is 1. The summed E-state index contributed by atoms with van der Waals surface area (Å²) in [5.41, 5.74) is 0.702. The maximum atomic E-state index is 14.5. The maximum Gasteiger partial charge on any atom is 0.236 e. The van der Waals surface area contributed by atoms with Gasteiger partial charge in [-0.25, -0.2) is 0 Å². The Morgan fingerprint density at radius 1 is 1.05 bits per heavy atom. The summed E-state index contributed by atoms with van der Waals surface area (Å²) < 4.78 is 23.1. The Morgan fingerprint density at radius 2 is 1.85 bits per heavy atom. The first-order valence-electron chi connectivity index (χ1n) is 13.2. The van der Waals surface area contributed by atoms with Gasteiger partial charge in [-0.1, -0.05) is 36.7 Å². The highest BCUT2D eigenvalue weighted by molar-refractivity contribution is 6.36. The zero-order valence-corrected chi connectivity index (χ0v) is 23.4. The van der Waals surface area contributed by atoms with Crippen LogP contribution in [0.25, 0.3) is 0 Å². The minimum absolute atomic E-state index is 0.0279. The molecule has 1 aliphatic carbocycles. The highest BCUT2D eigenvalue weighted by Gasteiger charge is 2.63. The van der Waals surface area contributed by atoms with E-state index in [1.807, 2.05) is 36.4 Å². The molecular formula is C31H27ClN2O7. The van der Waals surface area contributed by atoms with Crippen LogP contribution < -0.4 is 24.3 Å². The molecule has 0 fully saturated rings. The second-order valence-electron chi connectivity index (χ2n) is 10.3. The molecule has 3 heterocycles. The fourth-order valence-electron chi connectivity index (χ4n) is 5.95. The van der Waals surface area contributed by atoms with Crippen LogP contribution in [0.15, 0.2) is 66.1 Å². The number of halogens is 1. The van der Waals surface area contributed by atoms with Crippen LogP contribution in [0.2, 0.25) is 5.02 Å². The topological polar surface area (TPSA) is 113 Å². The molecule has 10 heteroatoms. The Kier molecular flexibility index (Phi) is 6.69. The van der Waals surface area contributed by atoms with Crippen molar-refractivity contribution in [1.29, 1.82) is 0 Å². The fourth-order valence-corrected chi connectivity index (χ4v) is 6.21. The van der Waals surface area contributed by atoms with Crippen molar-refractivity contribution in [3.05, 3.63) is 87.8 Å². The molecule has 3 atom stereocenters. The molecule has 2 aromatic carbocycles.